The molecule has 27 heavy (non-hydrogen) atoms. The highest BCUT2D eigenvalue weighted by Crippen LogP contribution is 2.27. The molecule has 3 heteroatoms. The molecule has 0 saturated heterocycles. The minimum Gasteiger partial charge on any atom is -0.324 e. The van der Waals surface area contributed by atoms with Crippen LogP contribution in [-0.2, 0) is 11.3 Å². The van der Waals surface area contributed by atoms with Crippen LogP contribution in [0.25, 0.3) is 11.1 Å². The van der Waals surface area contributed by atoms with Gasteiger partial charge in [-0.05, 0) is 31.0 Å². The second kappa shape index (κ2) is 8.65. The molecule has 0 aliphatic carbocycles. The highest BCUT2D eigenvalue weighted by atomic mass is 16.2. The van der Waals surface area contributed by atoms with Crippen LogP contribution in [0.3, 0.4) is 0 Å². The Bertz CT molecular complexity index is 905. The van der Waals surface area contributed by atoms with E-state index >= 15 is 0 Å². The number of benzene rings is 3. The third kappa shape index (κ3) is 4.63. The van der Waals surface area contributed by atoms with Crippen molar-refractivity contribution in [1.82, 2.24) is 0 Å². The number of anilines is 1. The summed E-state index contributed by atoms with van der Waals surface area (Å²) in [6.45, 7) is 4.92. The number of para-hydroxylation sites is 1. The number of nitrogens with one attached hydrogen (secondary N) is 2. The zero-order chi connectivity index (χ0) is 19.2. The van der Waals surface area contributed by atoms with Crippen LogP contribution in [0.15, 0.2) is 78.9 Å². The molecule has 1 unspecified atom stereocenters. The van der Waals surface area contributed by atoms with Crippen molar-refractivity contribution < 1.29 is 9.69 Å². The van der Waals surface area contributed by atoms with Gasteiger partial charge in [0, 0.05) is 16.8 Å². The third-order valence-corrected chi connectivity index (χ3v) is 5.13. The van der Waals surface area contributed by atoms with Gasteiger partial charge in [0.05, 0.1) is 7.05 Å². The zero-order valence-corrected chi connectivity index (χ0v) is 16.2. The van der Waals surface area contributed by atoms with Crippen LogP contribution >= 0.6 is 0 Å². The molecule has 0 radical (unpaired) electrons. The maximum Gasteiger partial charge on any atom is 0.282 e. The van der Waals surface area contributed by atoms with E-state index in [4.69, 9.17) is 0 Å². The van der Waals surface area contributed by atoms with Crippen LogP contribution in [0.2, 0.25) is 0 Å². The molecule has 1 amide bonds. The van der Waals surface area contributed by atoms with E-state index in [-0.39, 0.29) is 11.9 Å². The van der Waals surface area contributed by atoms with Crippen LogP contribution in [-0.4, -0.2) is 19.0 Å². The molecule has 3 aromatic carbocycles. The summed E-state index contributed by atoms with van der Waals surface area (Å²) >= 11 is 0. The van der Waals surface area contributed by atoms with Crippen LogP contribution in [0.1, 0.15) is 18.1 Å². The number of carbonyl (C=O) groups excluding carboxylic acids is 1. The van der Waals surface area contributed by atoms with Crippen molar-refractivity contribution in [2.24, 2.45) is 0 Å². The maximum absolute atomic E-state index is 12.9. The van der Waals surface area contributed by atoms with Gasteiger partial charge in [-0.15, -0.1) is 0 Å². The molecule has 0 bridgehead atoms. The molecule has 0 aliphatic rings. The van der Waals surface area contributed by atoms with Gasteiger partial charge in [0.1, 0.15) is 6.54 Å². The van der Waals surface area contributed by atoms with Crippen molar-refractivity contribution in [3.05, 3.63) is 90.0 Å². The summed E-state index contributed by atoms with van der Waals surface area (Å²) in [5, 5.41) is 3.13. The Hall–Kier alpha value is -2.91. The number of aryl methyl sites for hydroxylation is 1. The highest BCUT2D eigenvalue weighted by molar-refractivity contribution is 5.97. The number of quaternary nitrogens is 1. The second-order valence-electron chi connectivity index (χ2n) is 7.07. The Morgan fingerprint density at radius 1 is 0.926 bits per heavy atom. The lowest BCUT2D eigenvalue weighted by Crippen LogP contribution is -3.12. The average molecular weight is 359 g/mol. The van der Waals surface area contributed by atoms with E-state index in [2.05, 4.69) is 49.6 Å². The molecule has 138 valence electrons. The number of hydrogen-bond donors (Lipinski definition) is 2. The van der Waals surface area contributed by atoms with Gasteiger partial charge in [0.25, 0.3) is 5.91 Å². The Labute approximate surface area is 161 Å². The molecular formula is C24H27N2O+. The fourth-order valence-electron chi connectivity index (χ4n) is 3.19. The molecule has 0 spiro atoms. The van der Waals surface area contributed by atoms with Crippen molar-refractivity contribution in [3.8, 4) is 11.1 Å². The first-order valence-corrected chi connectivity index (χ1v) is 9.38. The number of carbonyl (C=O) groups is 1. The van der Waals surface area contributed by atoms with Crippen molar-refractivity contribution in [2.45, 2.75) is 26.4 Å². The molecule has 2 atom stereocenters. The lowest BCUT2D eigenvalue weighted by molar-refractivity contribution is -0.907. The van der Waals surface area contributed by atoms with Crippen LogP contribution < -0.4 is 10.2 Å². The first-order valence-electron chi connectivity index (χ1n) is 9.38. The SMILES string of the molecule is Cc1ccccc1C[NH+](C)[C@H](C)C(=O)Nc1ccccc1-c1ccccc1. The van der Waals surface area contributed by atoms with Gasteiger partial charge in [-0.2, -0.15) is 0 Å². The van der Waals surface area contributed by atoms with E-state index in [0.29, 0.717) is 0 Å². The fourth-order valence-corrected chi connectivity index (χ4v) is 3.19. The number of hydrogen-bond acceptors (Lipinski definition) is 1. The lowest BCUT2D eigenvalue weighted by atomic mass is 10.0. The van der Waals surface area contributed by atoms with Crippen molar-refractivity contribution >= 4 is 11.6 Å². The first-order chi connectivity index (χ1) is 13.1. The van der Waals surface area contributed by atoms with E-state index in [1.165, 1.54) is 16.0 Å². The minimum atomic E-state index is -0.159. The molecule has 0 aliphatic heterocycles. The van der Waals surface area contributed by atoms with Crippen LogP contribution in [0, 0.1) is 6.92 Å². The highest BCUT2D eigenvalue weighted by Gasteiger charge is 2.23. The predicted octanol–water partition coefficient (Wildman–Crippen LogP) is 3.70. The summed E-state index contributed by atoms with van der Waals surface area (Å²) in [5.74, 6) is 0.0319. The van der Waals surface area contributed by atoms with Gasteiger partial charge in [-0.25, -0.2) is 0 Å². The summed E-state index contributed by atoms with van der Waals surface area (Å²) in [7, 11) is 2.07. The van der Waals surface area contributed by atoms with Gasteiger partial charge in [-0.3, -0.25) is 4.79 Å². The third-order valence-electron chi connectivity index (χ3n) is 5.13. The molecule has 0 saturated carbocycles. The van der Waals surface area contributed by atoms with Gasteiger partial charge in [0.15, 0.2) is 6.04 Å². The number of likely N-dealkylation sites (N-methyl/N-ethyl adjacent to an activating group) is 1. The van der Waals surface area contributed by atoms with Crippen molar-refractivity contribution in [3.63, 3.8) is 0 Å². The molecule has 0 aromatic heterocycles. The smallest absolute Gasteiger partial charge is 0.282 e. The molecule has 0 fully saturated rings. The average Bonchev–Trinajstić information content (AvgIpc) is 2.70. The van der Waals surface area contributed by atoms with Gasteiger partial charge < -0.3 is 10.2 Å². The number of amides is 1. The van der Waals surface area contributed by atoms with Crippen molar-refractivity contribution in [1.29, 1.82) is 0 Å². The quantitative estimate of drug-likeness (QED) is 0.691. The van der Waals surface area contributed by atoms with E-state index in [9.17, 15) is 4.79 Å². The van der Waals surface area contributed by atoms with Crippen LogP contribution in [0.5, 0.6) is 0 Å². The predicted molar refractivity (Wildman–Crippen MR) is 112 cm³/mol. The lowest BCUT2D eigenvalue weighted by Gasteiger charge is -2.22. The Morgan fingerprint density at radius 3 is 2.30 bits per heavy atom. The standard InChI is InChI=1S/C24H26N2O/c1-18-11-7-8-14-21(18)17-26(3)19(2)24(27)25-23-16-10-9-15-22(23)20-12-5-4-6-13-20/h4-16,19H,17H2,1-3H3,(H,25,27)/p+1/t19-/m1/s1. The minimum absolute atomic E-state index is 0.0319. The first kappa shape index (κ1) is 18.9. The molecule has 3 nitrogen and oxygen atoms in total. The summed E-state index contributed by atoms with van der Waals surface area (Å²) in [6.07, 6.45) is 0. The summed E-state index contributed by atoms with van der Waals surface area (Å²) in [5.41, 5.74) is 5.53. The van der Waals surface area contributed by atoms with Gasteiger partial charge >= 0.3 is 0 Å². The summed E-state index contributed by atoms with van der Waals surface area (Å²) < 4.78 is 0. The molecule has 3 rings (SSSR count). The molecular weight excluding hydrogens is 332 g/mol. The summed E-state index contributed by atoms with van der Waals surface area (Å²) in [4.78, 5) is 14.0. The Morgan fingerprint density at radius 2 is 1.56 bits per heavy atom. The molecule has 0 heterocycles. The monoisotopic (exact) mass is 359 g/mol. The summed E-state index contributed by atoms with van der Waals surface area (Å²) in [6, 6.07) is 26.3. The molecule has 3 aromatic rings. The van der Waals surface area contributed by atoms with Crippen molar-refractivity contribution in [2.75, 3.05) is 12.4 Å². The fraction of sp³-hybridized carbons (Fsp3) is 0.208. The Kier molecular flexibility index (Phi) is 6.05. The largest absolute Gasteiger partial charge is 0.324 e. The topological polar surface area (TPSA) is 33.5 Å². The van der Waals surface area contributed by atoms with E-state index in [1.807, 2.05) is 55.5 Å². The number of rotatable bonds is 6. The van der Waals surface area contributed by atoms with E-state index < -0.39 is 0 Å². The zero-order valence-electron chi connectivity index (χ0n) is 16.2. The van der Waals surface area contributed by atoms with Gasteiger partial charge in [-0.1, -0.05) is 72.8 Å². The Balaban J connectivity index is 1.73. The van der Waals surface area contributed by atoms with E-state index in [1.54, 1.807) is 0 Å². The van der Waals surface area contributed by atoms with E-state index in [0.717, 1.165) is 23.4 Å². The maximum atomic E-state index is 12.9. The van der Waals surface area contributed by atoms with Gasteiger partial charge in [0.2, 0.25) is 0 Å². The molecule has 2 N–H and O–H groups in total. The normalized spacial score (nSPS) is 13.0. The second-order valence-corrected chi connectivity index (χ2v) is 7.07. The van der Waals surface area contributed by atoms with Crippen LogP contribution in [0.4, 0.5) is 5.69 Å².